The predicted molar refractivity (Wildman–Crippen MR) is 107 cm³/mol. The smallest absolute Gasteiger partial charge is 0.306 e. The minimum Gasteiger partial charge on any atom is -0.465 e. The molecule has 2 fully saturated rings. The standard InChI is InChI=1S/C24H32O3/c1-2-3-4-5-12-26-22-9-8-18-13-19(6-7-20(18)14-22)21-10-11-24(15-21)16-23(25)27-17-24/h4-7,13,21-22H,2-3,8-12,14-17H2,1H3/b5-4-/t21-,22-,24-/m0/s1. The molecule has 0 bridgehead atoms. The van der Waals surface area contributed by atoms with E-state index in [-0.39, 0.29) is 11.4 Å². The quantitative estimate of drug-likeness (QED) is 0.516. The lowest BCUT2D eigenvalue weighted by Gasteiger charge is -2.26. The lowest BCUT2D eigenvalue weighted by molar-refractivity contribution is -0.137. The molecule has 0 unspecified atom stereocenters. The van der Waals surface area contributed by atoms with Gasteiger partial charge in [0.15, 0.2) is 0 Å². The van der Waals surface area contributed by atoms with E-state index in [1.165, 1.54) is 29.5 Å². The van der Waals surface area contributed by atoms with Crippen LogP contribution in [0.1, 0.15) is 74.5 Å². The maximum Gasteiger partial charge on any atom is 0.306 e. The Morgan fingerprint density at radius 3 is 3.00 bits per heavy atom. The highest BCUT2D eigenvalue weighted by Gasteiger charge is 2.46. The van der Waals surface area contributed by atoms with E-state index in [2.05, 4.69) is 37.3 Å². The Morgan fingerprint density at radius 2 is 2.19 bits per heavy atom. The summed E-state index contributed by atoms with van der Waals surface area (Å²) in [4.78, 5) is 11.6. The highest BCUT2D eigenvalue weighted by molar-refractivity contribution is 5.72. The molecular weight excluding hydrogens is 336 g/mol. The topological polar surface area (TPSA) is 35.5 Å². The van der Waals surface area contributed by atoms with E-state index in [1.54, 1.807) is 0 Å². The van der Waals surface area contributed by atoms with Crippen molar-refractivity contribution in [3.63, 3.8) is 0 Å². The van der Waals surface area contributed by atoms with E-state index in [0.717, 1.165) is 45.1 Å². The van der Waals surface area contributed by atoms with Crippen LogP contribution in [0, 0.1) is 5.41 Å². The summed E-state index contributed by atoms with van der Waals surface area (Å²) in [5, 5.41) is 0. The van der Waals surface area contributed by atoms with Crippen LogP contribution in [-0.4, -0.2) is 25.3 Å². The molecule has 0 radical (unpaired) electrons. The van der Waals surface area contributed by atoms with Crippen molar-refractivity contribution >= 4 is 5.97 Å². The summed E-state index contributed by atoms with van der Waals surface area (Å²) in [5.74, 6) is 0.583. The second kappa shape index (κ2) is 8.18. The molecule has 3 aliphatic rings. The van der Waals surface area contributed by atoms with Crippen LogP contribution in [0.25, 0.3) is 0 Å². The summed E-state index contributed by atoms with van der Waals surface area (Å²) in [5.41, 5.74) is 4.56. The number of benzene rings is 1. The van der Waals surface area contributed by atoms with Crippen molar-refractivity contribution in [1.82, 2.24) is 0 Å². The van der Waals surface area contributed by atoms with Crippen molar-refractivity contribution in [2.75, 3.05) is 13.2 Å². The fourth-order valence-corrected chi connectivity index (χ4v) is 5.11. The number of carbonyl (C=O) groups excluding carboxylic acids is 1. The molecule has 0 N–H and O–H groups in total. The highest BCUT2D eigenvalue weighted by Crippen LogP contribution is 2.51. The van der Waals surface area contributed by atoms with Crippen LogP contribution in [0.15, 0.2) is 30.4 Å². The summed E-state index contributed by atoms with van der Waals surface area (Å²) in [7, 11) is 0. The minimum atomic E-state index is -0.00308. The van der Waals surface area contributed by atoms with Gasteiger partial charge in [0.1, 0.15) is 0 Å². The van der Waals surface area contributed by atoms with Gasteiger partial charge in [-0.3, -0.25) is 4.79 Å². The number of hydrogen-bond acceptors (Lipinski definition) is 3. The third-order valence-electron chi connectivity index (χ3n) is 6.70. The van der Waals surface area contributed by atoms with Gasteiger partial charge in [-0.2, -0.15) is 0 Å². The van der Waals surface area contributed by atoms with Crippen LogP contribution in [0.2, 0.25) is 0 Å². The number of allylic oxidation sites excluding steroid dienone is 1. The monoisotopic (exact) mass is 368 g/mol. The molecular formula is C24H32O3. The van der Waals surface area contributed by atoms with Gasteiger partial charge in [0.2, 0.25) is 0 Å². The van der Waals surface area contributed by atoms with Crippen molar-refractivity contribution < 1.29 is 14.3 Å². The van der Waals surface area contributed by atoms with Gasteiger partial charge in [-0.25, -0.2) is 0 Å². The largest absolute Gasteiger partial charge is 0.465 e. The maximum atomic E-state index is 11.6. The van der Waals surface area contributed by atoms with Crippen LogP contribution in [0.5, 0.6) is 0 Å². The van der Waals surface area contributed by atoms with Crippen molar-refractivity contribution in [2.24, 2.45) is 5.41 Å². The second-order valence-electron chi connectivity index (χ2n) is 8.76. The lowest BCUT2D eigenvalue weighted by atomic mass is 9.82. The van der Waals surface area contributed by atoms with Gasteiger partial charge in [-0.15, -0.1) is 0 Å². The SMILES string of the molecule is CCC/C=C\CO[C@H]1CCc2cc([C@H]3CC[C@]4(COC(=O)C4)C3)ccc2C1. The molecule has 1 aromatic carbocycles. The molecule has 146 valence electrons. The molecule has 3 heteroatoms. The molecule has 1 aliphatic heterocycles. The maximum absolute atomic E-state index is 11.6. The van der Waals surface area contributed by atoms with E-state index in [0.29, 0.717) is 25.0 Å². The third-order valence-corrected chi connectivity index (χ3v) is 6.70. The van der Waals surface area contributed by atoms with Gasteiger partial charge in [-0.05, 0) is 67.6 Å². The van der Waals surface area contributed by atoms with E-state index >= 15 is 0 Å². The third kappa shape index (κ3) is 4.29. The number of carbonyl (C=O) groups is 1. The highest BCUT2D eigenvalue weighted by atomic mass is 16.5. The molecule has 0 amide bonds. The number of rotatable bonds is 6. The van der Waals surface area contributed by atoms with Crippen LogP contribution >= 0.6 is 0 Å². The number of aryl methyl sites for hydroxylation is 1. The number of fused-ring (bicyclic) bond motifs is 1. The average molecular weight is 369 g/mol. The summed E-state index contributed by atoms with van der Waals surface area (Å²) < 4.78 is 11.3. The Labute approximate surface area is 163 Å². The van der Waals surface area contributed by atoms with Crippen molar-refractivity contribution in [2.45, 2.75) is 76.7 Å². The van der Waals surface area contributed by atoms with Gasteiger partial charge in [0, 0.05) is 5.41 Å². The Bertz CT molecular complexity index is 708. The molecule has 3 atom stereocenters. The first-order valence-electron chi connectivity index (χ1n) is 10.7. The molecule has 3 nitrogen and oxygen atoms in total. The van der Waals surface area contributed by atoms with Crippen LogP contribution in [-0.2, 0) is 27.1 Å². The van der Waals surface area contributed by atoms with Crippen LogP contribution < -0.4 is 0 Å². The Morgan fingerprint density at radius 1 is 1.26 bits per heavy atom. The molecule has 1 heterocycles. The molecule has 1 spiro atoms. The minimum absolute atomic E-state index is 0.00308. The Kier molecular flexibility index (Phi) is 5.68. The van der Waals surface area contributed by atoms with E-state index in [1.807, 2.05) is 0 Å². The summed E-state index contributed by atoms with van der Waals surface area (Å²) in [6, 6.07) is 7.09. The zero-order valence-corrected chi connectivity index (χ0v) is 16.5. The predicted octanol–water partition coefficient (Wildman–Crippen LogP) is 5.12. The molecule has 2 aliphatic carbocycles. The first kappa shape index (κ1) is 18.7. The number of cyclic esters (lactones) is 1. The van der Waals surface area contributed by atoms with Gasteiger partial charge >= 0.3 is 5.97 Å². The summed E-state index contributed by atoms with van der Waals surface area (Å²) in [6.07, 6.45) is 14.4. The van der Waals surface area contributed by atoms with Crippen LogP contribution in [0.3, 0.4) is 0 Å². The number of ether oxygens (including phenoxy) is 2. The Balaban J connectivity index is 1.34. The van der Waals surface area contributed by atoms with E-state index < -0.39 is 0 Å². The van der Waals surface area contributed by atoms with Crippen LogP contribution in [0.4, 0.5) is 0 Å². The molecule has 0 aromatic heterocycles. The normalized spacial score (nSPS) is 30.2. The lowest BCUT2D eigenvalue weighted by Crippen LogP contribution is -2.23. The fourth-order valence-electron chi connectivity index (χ4n) is 5.11. The van der Waals surface area contributed by atoms with Crippen molar-refractivity contribution in [3.8, 4) is 0 Å². The molecule has 27 heavy (non-hydrogen) atoms. The molecule has 1 saturated heterocycles. The number of hydrogen-bond donors (Lipinski definition) is 0. The molecule has 1 aromatic rings. The molecule has 1 saturated carbocycles. The second-order valence-corrected chi connectivity index (χ2v) is 8.76. The zero-order chi connectivity index (χ0) is 18.7. The van der Waals surface area contributed by atoms with E-state index in [9.17, 15) is 4.79 Å². The number of esters is 1. The van der Waals surface area contributed by atoms with Gasteiger partial charge < -0.3 is 9.47 Å². The fraction of sp³-hybridized carbons (Fsp3) is 0.625. The number of unbranched alkanes of at least 4 members (excludes halogenated alkanes) is 1. The van der Waals surface area contributed by atoms with E-state index in [4.69, 9.17) is 9.47 Å². The van der Waals surface area contributed by atoms with Gasteiger partial charge in [-0.1, -0.05) is 43.7 Å². The first-order chi connectivity index (χ1) is 13.2. The molecule has 4 rings (SSSR count). The van der Waals surface area contributed by atoms with Gasteiger partial charge in [0.25, 0.3) is 0 Å². The average Bonchev–Trinajstić information content (AvgIpc) is 3.27. The zero-order valence-electron chi connectivity index (χ0n) is 16.5. The van der Waals surface area contributed by atoms with Crippen molar-refractivity contribution in [1.29, 1.82) is 0 Å². The Hall–Kier alpha value is -1.61. The first-order valence-corrected chi connectivity index (χ1v) is 10.7. The van der Waals surface area contributed by atoms with Crippen molar-refractivity contribution in [3.05, 3.63) is 47.0 Å². The van der Waals surface area contributed by atoms with Gasteiger partial charge in [0.05, 0.1) is 25.7 Å². The summed E-state index contributed by atoms with van der Waals surface area (Å²) in [6.45, 7) is 3.58. The summed E-state index contributed by atoms with van der Waals surface area (Å²) >= 11 is 0.